The van der Waals surface area contributed by atoms with E-state index in [0.717, 1.165) is 26.5 Å². The molecule has 7 heteroatoms. The highest BCUT2D eigenvalue weighted by Gasteiger charge is 2.14. The monoisotopic (exact) mass is 479 g/mol. The number of nitrogens with zero attached hydrogens (tertiary/aromatic N) is 3. The van der Waals surface area contributed by atoms with Crippen LogP contribution in [0.3, 0.4) is 0 Å². The maximum Gasteiger partial charge on any atom is 0.275 e. The Kier molecular flexibility index (Phi) is 5.02. The van der Waals surface area contributed by atoms with Crippen molar-refractivity contribution >= 4 is 38.4 Å². The molecule has 0 aliphatic rings. The highest BCUT2D eigenvalue weighted by Crippen LogP contribution is 2.31. The summed E-state index contributed by atoms with van der Waals surface area (Å²) >= 11 is 9.91. The second kappa shape index (κ2) is 7.97. The molecule has 0 spiro atoms. The Labute approximate surface area is 186 Å². The fourth-order valence-electron chi connectivity index (χ4n) is 3.20. The van der Waals surface area contributed by atoms with Crippen LogP contribution < -0.4 is 4.74 Å². The predicted molar refractivity (Wildman–Crippen MR) is 120 cm³/mol. The standard InChI is InChI=1S/C23H15BrClN3O2/c24-18-7-8-20-16(12-18)10-11-28(20)23-26-22(30-27-23)17-6-9-21(19(25)13-17)29-14-15-4-2-1-3-5-15/h1-13H,14H2. The van der Waals surface area contributed by atoms with Crippen LogP contribution >= 0.6 is 27.5 Å². The normalized spacial score (nSPS) is 11.1. The zero-order valence-electron chi connectivity index (χ0n) is 15.6. The van der Waals surface area contributed by atoms with Gasteiger partial charge >= 0.3 is 0 Å². The number of hydrogen-bond donors (Lipinski definition) is 0. The molecule has 0 radical (unpaired) electrons. The summed E-state index contributed by atoms with van der Waals surface area (Å²) < 4.78 is 14.2. The lowest BCUT2D eigenvalue weighted by Crippen LogP contribution is -1.96. The SMILES string of the molecule is Clc1cc(-c2nc(-n3ccc4cc(Br)ccc43)no2)ccc1OCc1ccccc1. The van der Waals surface area contributed by atoms with E-state index in [-0.39, 0.29) is 0 Å². The molecule has 5 aromatic rings. The number of rotatable bonds is 5. The van der Waals surface area contributed by atoms with Crippen LogP contribution in [0.5, 0.6) is 5.75 Å². The number of aromatic nitrogens is 3. The highest BCUT2D eigenvalue weighted by atomic mass is 79.9. The molecule has 0 saturated carbocycles. The molecule has 0 saturated heterocycles. The lowest BCUT2D eigenvalue weighted by Gasteiger charge is -2.08. The maximum atomic E-state index is 6.42. The fourth-order valence-corrected chi connectivity index (χ4v) is 3.82. The molecule has 0 fully saturated rings. The van der Waals surface area contributed by atoms with Crippen LogP contribution in [0, 0.1) is 0 Å². The van der Waals surface area contributed by atoms with Crippen molar-refractivity contribution in [2.24, 2.45) is 0 Å². The number of halogens is 2. The van der Waals surface area contributed by atoms with Crippen LogP contribution in [0.2, 0.25) is 5.02 Å². The molecule has 0 aliphatic carbocycles. The van der Waals surface area contributed by atoms with Gasteiger partial charge in [-0.15, -0.1) is 0 Å². The fraction of sp³-hybridized carbons (Fsp3) is 0.0435. The summed E-state index contributed by atoms with van der Waals surface area (Å²) in [6.45, 7) is 0.446. The van der Waals surface area contributed by atoms with Gasteiger partial charge in [0.25, 0.3) is 11.8 Å². The minimum absolute atomic E-state index is 0.389. The average Bonchev–Trinajstić information content (AvgIpc) is 3.40. The Morgan fingerprint density at radius 1 is 1.00 bits per heavy atom. The van der Waals surface area contributed by atoms with Crippen molar-refractivity contribution < 1.29 is 9.26 Å². The average molecular weight is 481 g/mol. The molecule has 0 atom stereocenters. The van der Waals surface area contributed by atoms with Gasteiger partial charge in [0.15, 0.2) is 0 Å². The van der Waals surface area contributed by atoms with Crippen LogP contribution in [0.25, 0.3) is 28.3 Å². The van der Waals surface area contributed by atoms with E-state index in [9.17, 15) is 0 Å². The molecule has 0 bridgehead atoms. The van der Waals surface area contributed by atoms with E-state index in [2.05, 4.69) is 26.1 Å². The van der Waals surface area contributed by atoms with E-state index in [4.69, 9.17) is 20.9 Å². The Morgan fingerprint density at radius 3 is 2.70 bits per heavy atom. The quantitative estimate of drug-likeness (QED) is 0.282. The molecule has 0 amide bonds. The summed E-state index contributed by atoms with van der Waals surface area (Å²) in [5.74, 6) is 1.45. The Hall–Kier alpha value is -3.09. The van der Waals surface area contributed by atoms with E-state index in [1.807, 2.05) is 77.5 Å². The number of hydrogen-bond acceptors (Lipinski definition) is 4. The Balaban J connectivity index is 1.38. The summed E-state index contributed by atoms with van der Waals surface area (Å²) in [6.07, 6.45) is 1.92. The zero-order chi connectivity index (χ0) is 20.5. The minimum Gasteiger partial charge on any atom is -0.487 e. The smallest absolute Gasteiger partial charge is 0.275 e. The molecule has 0 N–H and O–H groups in total. The molecule has 2 heterocycles. The molecule has 2 aromatic heterocycles. The molecule has 0 unspecified atom stereocenters. The summed E-state index contributed by atoms with van der Waals surface area (Å²) in [5.41, 5.74) is 2.79. The van der Waals surface area contributed by atoms with Gasteiger partial charge in [0.1, 0.15) is 12.4 Å². The second-order valence-electron chi connectivity index (χ2n) is 6.71. The Morgan fingerprint density at radius 2 is 1.87 bits per heavy atom. The van der Waals surface area contributed by atoms with Crippen LogP contribution in [0.1, 0.15) is 5.56 Å². The Bertz CT molecular complexity index is 1330. The first-order valence-corrected chi connectivity index (χ1v) is 10.4. The molecular weight excluding hydrogens is 466 g/mol. The van der Waals surface area contributed by atoms with Gasteiger partial charge in [-0.1, -0.05) is 57.9 Å². The van der Waals surface area contributed by atoms with Gasteiger partial charge in [0, 0.05) is 21.6 Å². The second-order valence-corrected chi connectivity index (χ2v) is 8.03. The summed E-state index contributed by atoms with van der Waals surface area (Å²) in [4.78, 5) is 4.53. The lowest BCUT2D eigenvalue weighted by atomic mass is 10.2. The number of ether oxygens (including phenoxy) is 1. The first kappa shape index (κ1) is 18.9. The minimum atomic E-state index is 0.389. The van der Waals surface area contributed by atoms with E-state index < -0.39 is 0 Å². The largest absolute Gasteiger partial charge is 0.487 e. The van der Waals surface area contributed by atoms with Crippen molar-refractivity contribution in [1.29, 1.82) is 0 Å². The van der Waals surface area contributed by atoms with Gasteiger partial charge < -0.3 is 9.26 Å². The molecule has 148 valence electrons. The van der Waals surface area contributed by atoms with Gasteiger partial charge in [-0.25, -0.2) is 0 Å². The van der Waals surface area contributed by atoms with Gasteiger partial charge in [0.05, 0.1) is 10.5 Å². The van der Waals surface area contributed by atoms with Gasteiger partial charge in [-0.2, -0.15) is 4.98 Å². The lowest BCUT2D eigenvalue weighted by molar-refractivity contribution is 0.306. The molecule has 0 aliphatic heterocycles. The van der Waals surface area contributed by atoms with Crippen molar-refractivity contribution in [2.45, 2.75) is 6.61 Å². The van der Waals surface area contributed by atoms with Gasteiger partial charge in [-0.05, 0) is 53.2 Å². The van der Waals surface area contributed by atoms with E-state index >= 15 is 0 Å². The third-order valence-corrected chi connectivity index (χ3v) is 5.49. The van der Waals surface area contributed by atoms with Gasteiger partial charge in [0.2, 0.25) is 0 Å². The van der Waals surface area contributed by atoms with Crippen LogP contribution in [0.15, 0.2) is 88.0 Å². The third-order valence-electron chi connectivity index (χ3n) is 4.70. The third kappa shape index (κ3) is 3.72. The molecule has 5 nitrogen and oxygen atoms in total. The molecular formula is C23H15BrClN3O2. The van der Waals surface area contributed by atoms with E-state index in [1.165, 1.54) is 0 Å². The highest BCUT2D eigenvalue weighted by molar-refractivity contribution is 9.10. The van der Waals surface area contributed by atoms with Gasteiger partial charge in [-0.3, -0.25) is 4.57 Å². The van der Waals surface area contributed by atoms with Crippen molar-refractivity contribution in [2.75, 3.05) is 0 Å². The predicted octanol–water partition coefficient (Wildman–Crippen LogP) is 6.68. The van der Waals surface area contributed by atoms with E-state index in [0.29, 0.717) is 29.2 Å². The topological polar surface area (TPSA) is 53.1 Å². The number of fused-ring (bicyclic) bond motifs is 1. The van der Waals surface area contributed by atoms with Crippen molar-refractivity contribution in [3.8, 4) is 23.2 Å². The van der Waals surface area contributed by atoms with Crippen LogP contribution in [-0.2, 0) is 6.61 Å². The molecule has 30 heavy (non-hydrogen) atoms. The molecule has 5 rings (SSSR count). The zero-order valence-corrected chi connectivity index (χ0v) is 18.0. The molecule has 3 aromatic carbocycles. The van der Waals surface area contributed by atoms with Crippen LogP contribution in [-0.4, -0.2) is 14.7 Å². The summed E-state index contributed by atoms with van der Waals surface area (Å²) in [6, 6.07) is 23.4. The van der Waals surface area contributed by atoms with E-state index in [1.54, 1.807) is 6.07 Å². The van der Waals surface area contributed by atoms with Crippen molar-refractivity contribution in [3.63, 3.8) is 0 Å². The van der Waals surface area contributed by atoms with Crippen LogP contribution in [0.4, 0.5) is 0 Å². The summed E-state index contributed by atoms with van der Waals surface area (Å²) in [7, 11) is 0. The first-order chi connectivity index (χ1) is 14.7. The maximum absolute atomic E-state index is 6.42. The van der Waals surface area contributed by atoms with Crippen molar-refractivity contribution in [1.82, 2.24) is 14.7 Å². The number of benzene rings is 3. The first-order valence-electron chi connectivity index (χ1n) is 9.25. The van der Waals surface area contributed by atoms with Crippen molar-refractivity contribution in [3.05, 3.63) is 94.1 Å². The summed E-state index contributed by atoms with van der Waals surface area (Å²) in [5, 5.41) is 5.69.